The van der Waals surface area contributed by atoms with Crippen molar-refractivity contribution in [1.82, 2.24) is 15.0 Å². The van der Waals surface area contributed by atoms with E-state index in [2.05, 4.69) is 17.2 Å². The first-order valence-corrected chi connectivity index (χ1v) is 4.89. The van der Waals surface area contributed by atoms with Gasteiger partial charge in [-0.15, -0.1) is 5.10 Å². The molecule has 1 aromatic rings. The zero-order valence-corrected chi connectivity index (χ0v) is 8.40. The van der Waals surface area contributed by atoms with E-state index in [-0.39, 0.29) is 0 Å². The summed E-state index contributed by atoms with van der Waals surface area (Å²) < 4.78 is 1.85. The zero-order chi connectivity index (χ0) is 10.3. The molecule has 0 radical (unpaired) electrons. The molecule has 0 bridgehead atoms. The van der Waals surface area contributed by atoms with Gasteiger partial charge >= 0.3 is 0 Å². The average molecular weight is 194 g/mol. The second-order valence-electron chi connectivity index (χ2n) is 3.83. The number of nitrogens with two attached hydrogens (primary N) is 1. The highest BCUT2D eigenvalue weighted by atomic mass is 16.1. The smallest absolute Gasteiger partial charge is 0.271 e. The molecule has 1 fully saturated rings. The van der Waals surface area contributed by atoms with Crippen LogP contribution in [0.4, 0.5) is 0 Å². The molecule has 0 aromatic carbocycles. The quantitative estimate of drug-likeness (QED) is 0.762. The fourth-order valence-electron chi connectivity index (χ4n) is 1.74. The first-order valence-electron chi connectivity index (χ1n) is 4.89. The first kappa shape index (κ1) is 9.18. The average Bonchev–Trinajstić information content (AvgIpc) is 2.72. The van der Waals surface area contributed by atoms with Crippen molar-refractivity contribution in [1.29, 1.82) is 0 Å². The van der Waals surface area contributed by atoms with E-state index in [0.29, 0.717) is 17.7 Å². The fourth-order valence-corrected chi connectivity index (χ4v) is 1.74. The summed E-state index contributed by atoms with van der Waals surface area (Å²) in [4.78, 5) is 11.0. The molecule has 76 valence electrons. The van der Waals surface area contributed by atoms with Gasteiger partial charge < -0.3 is 5.73 Å². The molecular formula is C9H14N4O. The Kier molecular flexibility index (Phi) is 2.02. The van der Waals surface area contributed by atoms with Crippen LogP contribution in [0.5, 0.6) is 0 Å². The molecule has 1 amide bonds. The molecular weight excluding hydrogens is 180 g/mol. The van der Waals surface area contributed by atoms with Crippen LogP contribution in [0.15, 0.2) is 0 Å². The number of carbonyl (C=O) groups excluding carboxylic acids is 1. The Labute approximate surface area is 82.3 Å². The molecule has 5 heteroatoms. The second kappa shape index (κ2) is 3.08. The lowest BCUT2D eigenvalue weighted by Gasteiger charge is -2.02. The minimum atomic E-state index is -0.485. The van der Waals surface area contributed by atoms with Crippen molar-refractivity contribution in [2.75, 3.05) is 0 Å². The summed E-state index contributed by atoms with van der Waals surface area (Å²) in [7, 11) is 0. The lowest BCUT2D eigenvalue weighted by Crippen LogP contribution is -2.15. The van der Waals surface area contributed by atoms with E-state index in [1.807, 2.05) is 11.6 Å². The van der Waals surface area contributed by atoms with Gasteiger partial charge in [-0.25, -0.2) is 4.68 Å². The van der Waals surface area contributed by atoms with Crippen LogP contribution in [0.2, 0.25) is 0 Å². The molecule has 2 N–H and O–H groups in total. The van der Waals surface area contributed by atoms with Crippen LogP contribution in [-0.4, -0.2) is 20.9 Å². The Hall–Kier alpha value is -1.39. The van der Waals surface area contributed by atoms with Gasteiger partial charge in [-0.3, -0.25) is 4.79 Å². The largest absolute Gasteiger partial charge is 0.364 e. The fraction of sp³-hybridized carbons (Fsp3) is 0.667. The maximum Gasteiger partial charge on any atom is 0.271 e. The maximum absolute atomic E-state index is 11.0. The topological polar surface area (TPSA) is 73.8 Å². The minimum absolute atomic E-state index is 0.326. The monoisotopic (exact) mass is 194 g/mol. The van der Waals surface area contributed by atoms with Crippen LogP contribution in [0.25, 0.3) is 0 Å². The predicted octanol–water partition coefficient (Wildman–Crippen LogP) is 0.520. The Morgan fingerprint density at radius 2 is 2.36 bits per heavy atom. The molecule has 2 unspecified atom stereocenters. The Balaban J connectivity index is 2.37. The van der Waals surface area contributed by atoms with E-state index < -0.39 is 5.91 Å². The van der Waals surface area contributed by atoms with Gasteiger partial charge in [0, 0.05) is 0 Å². The molecule has 1 saturated carbocycles. The lowest BCUT2D eigenvalue weighted by atomic mass is 10.2. The number of hydrogen-bond donors (Lipinski definition) is 1. The Bertz CT molecular complexity index is 371. The number of hydrogen-bond acceptors (Lipinski definition) is 3. The zero-order valence-electron chi connectivity index (χ0n) is 8.40. The van der Waals surface area contributed by atoms with Crippen molar-refractivity contribution in [3.05, 3.63) is 11.4 Å². The van der Waals surface area contributed by atoms with Crippen molar-refractivity contribution in [2.24, 2.45) is 11.7 Å². The van der Waals surface area contributed by atoms with Crippen LogP contribution in [0.3, 0.4) is 0 Å². The van der Waals surface area contributed by atoms with Gasteiger partial charge in [0.05, 0.1) is 11.7 Å². The second-order valence-corrected chi connectivity index (χ2v) is 3.83. The van der Waals surface area contributed by atoms with E-state index in [4.69, 9.17) is 5.73 Å². The van der Waals surface area contributed by atoms with E-state index in [1.165, 1.54) is 0 Å². The van der Waals surface area contributed by atoms with Crippen molar-refractivity contribution in [3.63, 3.8) is 0 Å². The number of rotatable bonds is 3. The predicted molar refractivity (Wildman–Crippen MR) is 50.7 cm³/mol. The molecule has 5 nitrogen and oxygen atoms in total. The lowest BCUT2D eigenvalue weighted by molar-refractivity contribution is 0.0994. The van der Waals surface area contributed by atoms with Crippen molar-refractivity contribution < 1.29 is 4.79 Å². The van der Waals surface area contributed by atoms with Crippen LogP contribution in [0, 0.1) is 5.92 Å². The molecule has 14 heavy (non-hydrogen) atoms. The molecule has 2 atom stereocenters. The molecule has 1 aromatic heterocycles. The summed E-state index contributed by atoms with van der Waals surface area (Å²) in [6.07, 6.45) is 1.86. The minimum Gasteiger partial charge on any atom is -0.364 e. The van der Waals surface area contributed by atoms with Crippen LogP contribution >= 0.6 is 0 Å². The molecule has 0 saturated heterocycles. The van der Waals surface area contributed by atoms with Crippen LogP contribution < -0.4 is 5.73 Å². The number of primary amides is 1. The molecule has 1 aliphatic rings. The van der Waals surface area contributed by atoms with Gasteiger partial charge in [0.2, 0.25) is 0 Å². The van der Waals surface area contributed by atoms with Gasteiger partial charge in [-0.2, -0.15) is 0 Å². The highest BCUT2D eigenvalue weighted by molar-refractivity contribution is 5.91. The summed E-state index contributed by atoms with van der Waals surface area (Å²) in [5.74, 6) is 0.157. The van der Waals surface area contributed by atoms with Crippen molar-refractivity contribution >= 4 is 5.91 Å². The Morgan fingerprint density at radius 3 is 2.79 bits per heavy atom. The summed E-state index contributed by atoms with van der Waals surface area (Å²) >= 11 is 0. The first-order chi connectivity index (χ1) is 6.65. The van der Waals surface area contributed by atoms with Gasteiger partial charge in [-0.1, -0.05) is 19.1 Å². The van der Waals surface area contributed by atoms with Gasteiger partial charge in [0.1, 0.15) is 0 Å². The number of aromatic nitrogens is 3. The number of amides is 1. The summed E-state index contributed by atoms with van der Waals surface area (Å²) in [6.45, 7) is 4.14. The third kappa shape index (κ3) is 1.29. The van der Waals surface area contributed by atoms with E-state index in [1.54, 1.807) is 0 Å². The highest BCUT2D eigenvalue weighted by Crippen LogP contribution is 2.42. The van der Waals surface area contributed by atoms with Crippen LogP contribution in [-0.2, 0) is 6.42 Å². The molecule has 0 spiro atoms. The number of nitrogens with zero attached hydrogens (tertiary/aromatic N) is 3. The summed E-state index contributed by atoms with van der Waals surface area (Å²) in [6, 6.07) is 0.422. The maximum atomic E-state index is 11.0. The van der Waals surface area contributed by atoms with Crippen molar-refractivity contribution in [2.45, 2.75) is 32.7 Å². The van der Waals surface area contributed by atoms with E-state index in [0.717, 1.165) is 18.5 Å². The summed E-state index contributed by atoms with van der Waals surface area (Å²) in [5.41, 5.74) is 6.40. The Morgan fingerprint density at radius 1 is 1.71 bits per heavy atom. The van der Waals surface area contributed by atoms with Crippen LogP contribution in [0.1, 0.15) is 42.5 Å². The summed E-state index contributed by atoms with van der Waals surface area (Å²) in [5, 5.41) is 7.81. The van der Waals surface area contributed by atoms with Gasteiger partial charge in [-0.05, 0) is 18.8 Å². The normalized spacial score (nSPS) is 25.0. The molecule has 1 heterocycles. The van der Waals surface area contributed by atoms with Gasteiger partial charge in [0.25, 0.3) is 5.91 Å². The molecule has 2 rings (SSSR count). The molecule has 1 aliphatic carbocycles. The third-order valence-corrected chi connectivity index (χ3v) is 2.74. The van der Waals surface area contributed by atoms with Gasteiger partial charge in [0.15, 0.2) is 5.69 Å². The highest BCUT2D eigenvalue weighted by Gasteiger charge is 2.37. The SMILES string of the molecule is CCc1c(C(N)=O)nnn1C1CC1C. The molecule has 0 aliphatic heterocycles. The standard InChI is InChI=1S/C9H14N4O/c1-3-6-8(9(10)14)11-12-13(6)7-4-5(7)2/h5,7H,3-4H2,1-2H3,(H2,10,14). The third-order valence-electron chi connectivity index (χ3n) is 2.74. The van der Waals surface area contributed by atoms with Crippen molar-refractivity contribution in [3.8, 4) is 0 Å². The van der Waals surface area contributed by atoms with E-state index in [9.17, 15) is 4.79 Å². The van der Waals surface area contributed by atoms with E-state index >= 15 is 0 Å². The number of carbonyl (C=O) groups is 1.